The van der Waals surface area contributed by atoms with Crippen molar-refractivity contribution in [3.05, 3.63) is 46.9 Å². The topological polar surface area (TPSA) is 38.1 Å². The SMILES string of the molecule is CCNc1ccc2oc(-c3ccc(Br)cc3)nc2c1. The maximum Gasteiger partial charge on any atom is 0.227 e. The van der Waals surface area contributed by atoms with E-state index in [1.807, 2.05) is 42.5 Å². The molecule has 0 bridgehead atoms. The fraction of sp³-hybridized carbons (Fsp3) is 0.133. The Hall–Kier alpha value is -1.81. The number of halogens is 1. The number of aromatic nitrogens is 1. The van der Waals surface area contributed by atoms with E-state index in [1.54, 1.807) is 0 Å². The highest BCUT2D eigenvalue weighted by Gasteiger charge is 2.08. The minimum absolute atomic E-state index is 0.649. The minimum atomic E-state index is 0.649. The van der Waals surface area contributed by atoms with Crippen LogP contribution in [0.2, 0.25) is 0 Å². The molecule has 0 saturated heterocycles. The number of hydrogen-bond acceptors (Lipinski definition) is 3. The third kappa shape index (κ3) is 2.49. The van der Waals surface area contributed by atoms with Gasteiger partial charge in [-0.3, -0.25) is 0 Å². The predicted octanol–water partition coefficient (Wildman–Crippen LogP) is 4.69. The van der Waals surface area contributed by atoms with Crippen LogP contribution in [0.4, 0.5) is 5.69 Å². The average molecular weight is 317 g/mol. The molecule has 1 N–H and O–H groups in total. The van der Waals surface area contributed by atoms with E-state index in [2.05, 4.69) is 33.2 Å². The maximum atomic E-state index is 5.77. The second-order valence-electron chi connectivity index (χ2n) is 4.24. The minimum Gasteiger partial charge on any atom is -0.436 e. The quantitative estimate of drug-likeness (QED) is 0.761. The Balaban J connectivity index is 2.03. The van der Waals surface area contributed by atoms with Crippen molar-refractivity contribution in [2.75, 3.05) is 11.9 Å². The molecule has 1 aromatic heterocycles. The highest BCUT2D eigenvalue weighted by molar-refractivity contribution is 9.10. The van der Waals surface area contributed by atoms with Crippen molar-refractivity contribution < 1.29 is 4.42 Å². The van der Waals surface area contributed by atoms with Crippen molar-refractivity contribution in [2.45, 2.75) is 6.92 Å². The summed E-state index contributed by atoms with van der Waals surface area (Å²) in [7, 11) is 0. The smallest absolute Gasteiger partial charge is 0.227 e. The molecule has 1 heterocycles. The van der Waals surface area contributed by atoms with E-state index >= 15 is 0 Å². The second-order valence-corrected chi connectivity index (χ2v) is 5.15. The molecular formula is C15H13BrN2O. The molecule has 2 aromatic carbocycles. The molecule has 3 aromatic rings. The Morgan fingerprint density at radius 1 is 1.16 bits per heavy atom. The van der Waals surface area contributed by atoms with E-state index in [0.717, 1.165) is 33.4 Å². The summed E-state index contributed by atoms with van der Waals surface area (Å²) in [6.07, 6.45) is 0. The van der Waals surface area contributed by atoms with Crippen LogP contribution in [0, 0.1) is 0 Å². The molecule has 3 nitrogen and oxygen atoms in total. The van der Waals surface area contributed by atoms with E-state index in [9.17, 15) is 0 Å². The van der Waals surface area contributed by atoms with Gasteiger partial charge in [0.05, 0.1) is 0 Å². The molecule has 0 aliphatic rings. The fourth-order valence-corrected chi connectivity index (χ4v) is 2.22. The van der Waals surface area contributed by atoms with E-state index in [1.165, 1.54) is 0 Å². The van der Waals surface area contributed by atoms with Gasteiger partial charge in [-0.05, 0) is 49.4 Å². The van der Waals surface area contributed by atoms with Crippen LogP contribution in [0.3, 0.4) is 0 Å². The van der Waals surface area contributed by atoms with Crippen LogP contribution < -0.4 is 5.32 Å². The molecule has 0 fully saturated rings. The number of rotatable bonds is 3. The van der Waals surface area contributed by atoms with E-state index in [-0.39, 0.29) is 0 Å². The Labute approximate surface area is 119 Å². The van der Waals surface area contributed by atoms with Gasteiger partial charge in [-0.15, -0.1) is 0 Å². The van der Waals surface area contributed by atoms with E-state index in [0.29, 0.717) is 5.89 Å². The standard InChI is InChI=1S/C15H13BrN2O/c1-2-17-12-7-8-14-13(9-12)18-15(19-14)10-3-5-11(16)6-4-10/h3-9,17H,2H2,1H3. The molecule has 0 aliphatic carbocycles. The zero-order chi connectivity index (χ0) is 13.2. The van der Waals surface area contributed by atoms with E-state index in [4.69, 9.17) is 4.42 Å². The largest absolute Gasteiger partial charge is 0.436 e. The summed E-state index contributed by atoms with van der Waals surface area (Å²) in [6.45, 7) is 2.96. The first-order chi connectivity index (χ1) is 9.26. The van der Waals surface area contributed by atoms with Crippen LogP contribution in [0.1, 0.15) is 6.92 Å². The van der Waals surface area contributed by atoms with Crippen molar-refractivity contribution in [2.24, 2.45) is 0 Å². The van der Waals surface area contributed by atoms with Gasteiger partial charge in [0.2, 0.25) is 5.89 Å². The molecule has 0 aliphatic heterocycles. The molecule has 0 amide bonds. The van der Waals surface area contributed by atoms with Gasteiger partial charge < -0.3 is 9.73 Å². The van der Waals surface area contributed by atoms with Crippen LogP contribution in [0.5, 0.6) is 0 Å². The molecule has 0 atom stereocenters. The number of fused-ring (bicyclic) bond motifs is 1. The molecule has 0 unspecified atom stereocenters. The molecular weight excluding hydrogens is 304 g/mol. The monoisotopic (exact) mass is 316 g/mol. The van der Waals surface area contributed by atoms with Crippen LogP contribution in [0.25, 0.3) is 22.6 Å². The van der Waals surface area contributed by atoms with Crippen molar-refractivity contribution in [1.29, 1.82) is 0 Å². The zero-order valence-corrected chi connectivity index (χ0v) is 12.1. The van der Waals surface area contributed by atoms with Crippen LogP contribution in [-0.2, 0) is 0 Å². The molecule has 0 spiro atoms. The lowest BCUT2D eigenvalue weighted by Gasteiger charge is -2.00. The summed E-state index contributed by atoms with van der Waals surface area (Å²) >= 11 is 3.42. The van der Waals surface area contributed by atoms with Crippen molar-refractivity contribution in [1.82, 2.24) is 4.98 Å². The van der Waals surface area contributed by atoms with Gasteiger partial charge in [0.25, 0.3) is 0 Å². The third-order valence-corrected chi connectivity index (χ3v) is 3.39. The normalized spacial score (nSPS) is 10.8. The number of hydrogen-bond donors (Lipinski definition) is 1. The maximum absolute atomic E-state index is 5.77. The molecule has 0 saturated carbocycles. The molecule has 96 valence electrons. The Kier molecular flexibility index (Phi) is 3.25. The molecule has 0 radical (unpaired) electrons. The molecule has 19 heavy (non-hydrogen) atoms. The van der Waals surface area contributed by atoms with Gasteiger partial charge in [0, 0.05) is 22.3 Å². The number of oxazole rings is 1. The van der Waals surface area contributed by atoms with Gasteiger partial charge in [-0.25, -0.2) is 4.98 Å². The lowest BCUT2D eigenvalue weighted by molar-refractivity contribution is 0.620. The number of nitrogens with one attached hydrogen (secondary N) is 1. The predicted molar refractivity (Wildman–Crippen MR) is 81.3 cm³/mol. The summed E-state index contributed by atoms with van der Waals surface area (Å²) in [5.74, 6) is 0.649. The summed E-state index contributed by atoms with van der Waals surface area (Å²) in [5, 5.41) is 3.27. The van der Waals surface area contributed by atoms with Crippen LogP contribution in [0.15, 0.2) is 51.4 Å². The van der Waals surface area contributed by atoms with Crippen LogP contribution in [-0.4, -0.2) is 11.5 Å². The van der Waals surface area contributed by atoms with Gasteiger partial charge in [0.15, 0.2) is 5.58 Å². The summed E-state index contributed by atoms with van der Waals surface area (Å²) in [6, 6.07) is 13.9. The Morgan fingerprint density at radius 2 is 1.95 bits per heavy atom. The molecule has 4 heteroatoms. The van der Waals surface area contributed by atoms with E-state index < -0.39 is 0 Å². The first kappa shape index (κ1) is 12.2. The Morgan fingerprint density at radius 3 is 2.68 bits per heavy atom. The number of nitrogens with zero attached hydrogens (tertiary/aromatic N) is 1. The first-order valence-electron chi connectivity index (χ1n) is 6.16. The summed E-state index contributed by atoms with van der Waals surface area (Å²) < 4.78 is 6.82. The third-order valence-electron chi connectivity index (χ3n) is 2.86. The highest BCUT2D eigenvalue weighted by atomic mass is 79.9. The van der Waals surface area contributed by atoms with Crippen molar-refractivity contribution in [3.63, 3.8) is 0 Å². The summed E-state index contributed by atoms with van der Waals surface area (Å²) in [4.78, 5) is 4.53. The van der Waals surface area contributed by atoms with Crippen molar-refractivity contribution in [3.8, 4) is 11.5 Å². The fourth-order valence-electron chi connectivity index (χ4n) is 1.96. The lowest BCUT2D eigenvalue weighted by Crippen LogP contribution is -1.95. The van der Waals surface area contributed by atoms with Crippen LogP contribution >= 0.6 is 15.9 Å². The summed E-state index contributed by atoms with van der Waals surface area (Å²) in [5.41, 5.74) is 3.71. The second kappa shape index (κ2) is 5.05. The van der Waals surface area contributed by atoms with Gasteiger partial charge in [-0.1, -0.05) is 15.9 Å². The number of anilines is 1. The Bertz CT molecular complexity index is 704. The van der Waals surface area contributed by atoms with Crippen molar-refractivity contribution >= 4 is 32.7 Å². The molecule has 3 rings (SSSR count). The van der Waals surface area contributed by atoms with Gasteiger partial charge in [-0.2, -0.15) is 0 Å². The van der Waals surface area contributed by atoms with Gasteiger partial charge >= 0.3 is 0 Å². The van der Waals surface area contributed by atoms with Gasteiger partial charge in [0.1, 0.15) is 5.52 Å². The zero-order valence-electron chi connectivity index (χ0n) is 10.5. The average Bonchev–Trinajstić information content (AvgIpc) is 2.83. The number of benzene rings is 2. The highest BCUT2D eigenvalue weighted by Crippen LogP contribution is 2.27. The first-order valence-corrected chi connectivity index (χ1v) is 6.96. The lowest BCUT2D eigenvalue weighted by atomic mass is 10.2.